The van der Waals surface area contributed by atoms with Gasteiger partial charge in [0.15, 0.2) is 0 Å². The summed E-state index contributed by atoms with van der Waals surface area (Å²) in [5, 5.41) is 11.9. The van der Waals surface area contributed by atoms with Gasteiger partial charge in [-0.3, -0.25) is 0 Å². The van der Waals surface area contributed by atoms with Crippen molar-refractivity contribution in [1.82, 2.24) is 0 Å². The lowest BCUT2D eigenvalue weighted by Crippen LogP contribution is -2.08. The fourth-order valence-electron chi connectivity index (χ4n) is 2.88. The molecule has 2 nitrogen and oxygen atoms in total. The zero-order valence-electron chi connectivity index (χ0n) is 12.0. The van der Waals surface area contributed by atoms with Gasteiger partial charge in [0.05, 0.1) is 17.3 Å². The number of nitrogens with zero attached hydrogens (tertiary/aromatic N) is 1. The van der Waals surface area contributed by atoms with Gasteiger partial charge in [0, 0.05) is 6.04 Å². The van der Waals surface area contributed by atoms with Crippen LogP contribution < -0.4 is 5.32 Å². The number of benzene rings is 2. The average molecular weight is 280 g/mol. The first-order valence-corrected chi connectivity index (χ1v) is 7.25. The molecule has 3 rings (SSSR count). The van der Waals surface area contributed by atoms with Gasteiger partial charge in [0.1, 0.15) is 5.82 Å². The van der Waals surface area contributed by atoms with Crippen LogP contribution in [0, 0.1) is 17.1 Å². The summed E-state index contributed by atoms with van der Waals surface area (Å²) >= 11 is 0. The summed E-state index contributed by atoms with van der Waals surface area (Å²) in [7, 11) is 0. The minimum absolute atomic E-state index is 0.0262. The monoisotopic (exact) mass is 280 g/mol. The number of fused-ring (bicyclic) bond motifs is 1. The van der Waals surface area contributed by atoms with Crippen LogP contribution in [0.3, 0.4) is 0 Å². The molecular formula is C18H17FN2. The van der Waals surface area contributed by atoms with Crippen LogP contribution in [0.2, 0.25) is 0 Å². The molecule has 1 N–H and O–H groups in total. The van der Waals surface area contributed by atoms with Crippen molar-refractivity contribution in [3.05, 3.63) is 64.5 Å². The van der Waals surface area contributed by atoms with Crippen LogP contribution in [0.1, 0.15) is 41.6 Å². The summed E-state index contributed by atoms with van der Waals surface area (Å²) < 4.78 is 13.9. The molecular weight excluding hydrogens is 263 g/mol. The number of hydrogen-bond donors (Lipinski definition) is 1. The molecule has 2 aromatic carbocycles. The molecule has 0 radical (unpaired) electrons. The summed E-state index contributed by atoms with van der Waals surface area (Å²) in [6.07, 6.45) is 3.54. The van der Waals surface area contributed by atoms with Gasteiger partial charge in [-0.25, -0.2) is 4.39 Å². The Morgan fingerprint density at radius 1 is 1.14 bits per heavy atom. The lowest BCUT2D eigenvalue weighted by atomic mass is 10.0. The summed E-state index contributed by atoms with van der Waals surface area (Å²) in [5.41, 5.74) is 4.79. The molecule has 0 spiro atoms. The number of hydrogen-bond acceptors (Lipinski definition) is 2. The van der Waals surface area contributed by atoms with Gasteiger partial charge in [0.2, 0.25) is 0 Å². The predicted molar refractivity (Wildman–Crippen MR) is 81.6 cm³/mol. The van der Waals surface area contributed by atoms with Crippen LogP contribution in [0.15, 0.2) is 36.4 Å². The normalized spacial score (nSPS) is 14.3. The second kappa shape index (κ2) is 5.57. The first-order chi connectivity index (χ1) is 10.2. The molecule has 1 atom stereocenters. The van der Waals surface area contributed by atoms with E-state index in [1.807, 2.05) is 13.0 Å². The molecule has 0 saturated carbocycles. The molecule has 106 valence electrons. The molecule has 0 amide bonds. The van der Waals surface area contributed by atoms with Crippen LogP contribution in [-0.4, -0.2) is 0 Å². The van der Waals surface area contributed by atoms with Crippen LogP contribution >= 0.6 is 0 Å². The van der Waals surface area contributed by atoms with Gasteiger partial charge >= 0.3 is 0 Å². The third-order valence-electron chi connectivity index (χ3n) is 4.09. The standard InChI is InChI=1S/C18H17FN2/c1-12(15-7-6-14-3-2-4-16(14)10-15)21-18-8-5-13(11-20)9-17(18)19/h5-10,12,21H,2-4H2,1H3. The van der Waals surface area contributed by atoms with Crippen LogP contribution in [-0.2, 0) is 12.8 Å². The molecule has 1 aliphatic carbocycles. The fraction of sp³-hybridized carbons (Fsp3) is 0.278. The topological polar surface area (TPSA) is 35.8 Å². The largest absolute Gasteiger partial charge is 0.376 e. The number of anilines is 1. The Bertz CT molecular complexity index is 716. The highest BCUT2D eigenvalue weighted by Crippen LogP contribution is 2.27. The van der Waals surface area contributed by atoms with Crippen molar-refractivity contribution in [3.8, 4) is 6.07 Å². The van der Waals surface area contributed by atoms with E-state index in [0.29, 0.717) is 11.3 Å². The molecule has 2 aromatic rings. The fourth-order valence-corrected chi connectivity index (χ4v) is 2.88. The SMILES string of the molecule is CC(Nc1ccc(C#N)cc1F)c1ccc2c(c1)CCC2. The smallest absolute Gasteiger partial charge is 0.147 e. The predicted octanol–water partition coefficient (Wildman–Crippen LogP) is 4.36. The second-order valence-corrected chi connectivity index (χ2v) is 5.55. The molecule has 1 aliphatic rings. The van der Waals surface area contributed by atoms with Crippen LogP contribution in [0.25, 0.3) is 0 Å². The van der Waals surface area contributed by atoms with E-state index < -0.39 is 0 Å². The van der Waals surface area contributed by atoms with Crippen molar-refractivity contribution < 1.29 is 4.39 Å². The van der Waals surface area contributed by atoms with E-state index in [1.165, 1.54) is 35.6 Å². The lowest BCUT2D eigenvalue weighted by molar-refractivity contribution is 0.627. The minimum Gasteiger partial charge on any atom is -0.376 e. The summed E-state index contributed by atoms with van der Waals surface area (Å²) in [5.74, 6) is -0.387. The Kier molecular flexibility index (Phi) is 3.62. The third kappa shape index (κ3) is 2.75. The number of aryl methyl sites for hydroxylation is 2. The third-order valence-corrected chi connectivity index (χ3v) is 4.09. The Morgan fingerprint density at radius 2 is 1.95 bits per heavy atom. The van der Waals surface area contributed by atoms with E-state index in [2.05, 4.69) is 23.5 Å². The zero-order valence-corrected chi connectivity index (χ0v) is 12.0. The van der Waals surface area contributed by atoms with Crippen molar-refractivity contribution in [3.63, 3.8) is 0 Å². The van der Waals surface area contributed by atoms with Gasteiger partial charge in [-0.1, -0.05) is 18.2 Å². The highest BCUT2D eigenvalue weighted by molar-refractivity contribution is 5.50. The molecule has 0 bridgehead atoms. The Hall–Kier alpha value is -2.34. The first kappa shape index (κ1) is 13.6. The number of rotatable bonds is 3. The molecule has 0 aromatic heterocycles. The average Bonchev–Trinajstić information content (AvgIpc) is 2.96. The van der Waals surface area contributed by atoms with E-state index in [-0.39, 0.29) is 11.9 Å². The van der Waals surface area contributed by atoms with Gasteiger partial charge in [0.25, 0.3) is 0 Å². The van der Waals surface area contributed by atoms with Gasteiger partial charge in [-0.2, -0.15) is 5.26 Å². The number of nitrogens with one attached hydrogen (secondary N) is 1. The van der Waals surface area contributed by atoms with E-state index in [4.69, 9.17) is 5.26 Å². The molecule has 0 aliphatic heterocycles. The van der Waals surface area contributed by atoms with Crippen molar-refractivity contribution in [1.29, 1.82) is 5.26 Å². The Balaban J connectivity index is 1.80. The van der Waals surface area contributed by atoms with E-state index in [9.17, 15) is 4.39 Å². The van der Waals surface area contributed by atoms with E-state index in [0.717, 1.165) is 6.42 Å². The van der Waals surface area contributed by atoms with Gasteiger partial charge in [-0.15, -0.1) is 0 Å². The maximum atomic E-state index is 13.9. The molecule has 0 fully saturated rings. The molecule has 21 heavy (non-hydrogen) atoms. The van der Waals surface area contributed by atoms with Crippen molar-refractivity contribution in [2.75, 3.05) is 5.32 Å². The number of halogens is 1. The maximum Gasteiger partial charge on any atom is 0.147 e. The summed E-state index contributed by atoms with van der Waals surface area (Å²) in [6, 6.07) is 13.0. The molecule has 0 saturated heterocycles. The molecule has 0 heterocycles. The quantitative estimate of drug-likeness (QED) is 0.906. The van der Waals surface area contributed by atoms with Gasteiger partial charge < -0.3 is 5.32 Å². The van der Waals surface area contributed by atoms with E-state index in [1.54, 1.807) is 12.1 Å². The summed E-state index contributed by atoms with van der Waals surface area (Å²) in [6.45, 7) is 2.02. The van der Waals surface area contributed by atoms with Crippen LogP contribution in [0.4, 0.5) is 10.1 Å². The van der Waals surface area contributed by atoms with Gasteiger partial charge in [-0.05, 0) is 61.1 Å². The van der Waals surface area contributed by atoms with Crippen molar-refractivity contribution in [2.24, 2.45) is 0 Å². The molecule has 1 unspecified atom stereocenters. The first-order valence-electron chi connectivity index (χ1n) is 7.25. The minimum atomic E-state index is -0.387. The Morgan fingerprint density at radius 3 is 2.71 bits per heavy atom. The molecule has 3 heteroatoms. The van der Waals surface area contributed by atoms with E-state index >= 15 is 0 Å². The second-order valence-electron chi connectivity index (χ2n) is 5.55. The maximum absolute atomic E-state index is 13.9. The zero-order chi connectivity index (χ0) is 14.8. The van der Waals surface area contributed by atoms with Crippen molar-refractivity contribution >= 4 is 5.69 Å². The Labute approximate surface area is 124 Å². The summed E-state index contributed by atoms with van der Waals surface area (Å²) in [4.78, 5) is 0. The lowest BCUT2D eigenvalue weighted by Gasteiger charge is -2.17. The number of nitriles is 1. The van der Waals surface area contributed by atoms with Crippen LogP contribution in [0.5, 0.6) is 0 Å². The van der Waals surface area contributed by atoms with Crippen molar-refractivity contribution in [2.45, 2.75) is 32.2 Å². The highest BCUT2D eigenvalue weighted by atomic mass is 19.1. The highest BCUT2D eigenvalue weighted by Gasteiger charge is 2.14.